The molecule has 4 aromatic heterocycles. The molecule has 2 fully saturated rings. The number of hydrogen-bond acceptors (Lipinski definition) is 9. The van der Waals surface area contributed by atoms with Gasteiger partial charge in [-0.25, -0.2) is 24.6 Å². The van der Waals surface area contributed by atoms with Crippen LogP contribution >= 0.6 is 11.6 Å². The maximum absolute atomic E-state index is 13.4. The summed E-state index contributed by atoms with van der Waals surface area (Å²) in [6.07, 6.45) is 10.9. The third kappa shape index (κ3) is 4.36. The predicted molar refractivity (Wildman–Crippen MR) is 143 cm³/mol. The molecule has 1 aromatic carbocycles. The summed E-state index contributed by atoms with van der Waals surface area (Å²) in [5.74, 6) is 0.530. The summed E-state index contributed by atoms with van der Waals surface area (Å²) < 4.78 is 3.46. The van der Waals surface area contributed by atoms with Crippen LogP contribution in [0.1, 0.15) is 40.0 Å². The Morgan fingerprint density at radius 2 is 2.03 bits per heavy atom. The number of carbonyl (C=O) groups is 1. The molecule has 5 heterocycles. The summed E-state index contributed by atoms with van der Waals surface area (Å²) in [6, 6.07) is 5.34. The maximum atomic E-state index is 13.4. The number of aromatic nitrogens is 9. The molecule has 0 bridgehead atoms. The van der Waals surface area contributed by atoms with Crippen LogP contribution in [-0.4, -0.2) is 63.7 Å². The van der Waals surface area contributed by atoms with Gasteiger partial charge in [-0.2, -0.15) is 0 Å². The molecule has 1 saturated carbocycles. The molecule has 2 aliphatic rings. The van der Waals surface area contributed by atoms with E-state index in [1.807, 2.05) is 23.8 Å². The van der Waals surface area contributed by atoms with Crippen LogP contribution in [0.5, 0.6) is 0 Å². The van der Waals surface area contributed by atoms with E-state index >= 15 is 0 Å². The molecular weight excluding hydrogens is 518 g/mol. The second-order valence-corrected chi connectivity index (χ2v) is 10.7. The van der Waals surface area contributed by atoms with Gasteiger partial charge in [0.05, 0.1) is 23.2 Å². The number of benzene rings is 1. The first-order valence-corrected chi connectivity index (χ1v) is 13.0. The standard InChI is InChI=1S/C26H24ClN11O/c1-16-18(8-30-25(33-16)37-12-26(13-37)4-5-26)10-36-11-21(20-9-28-14-31-23(20)36)24(39)29-7-17-6-19(27)2-3-22(17)38-15-32-34-35-38/h2-3,6,8-9,11,14-15H,4-5,7,10,12-13H2,1H3,(H,29,39). The first-order valence-electron chi connectivity index (χ1n) is 12.6. The number of anilines is 1. The first-order chi connectivity index (χ1) is 19.0. The number of aryl methyl sites for hydroxylation is 1. The lowest BCUT2D eigenvalue weighted by Gasteiger charge is -2.40. The van der Waals surface area contributed by atoms with E-state index < -0.39 is 0 Å². The molecule has 1 spiro atoms. The minimum Gasteiger partial charge on any atom is -0.348 e. The van der Waals surface area contributed by atoms with E-state index in [0.29, 0.717) is 33.6 Å². The number of tetrazole rings is 1. The molecule has 1 saturated heterocycles. The van der Waals surface area contributed by atoms with Crippen molar-refractivity contribution in [1.29, 1.82) is 0 Å². The van der Waals surface area contributed by atoms with Gasteiger partial charge in [0.15, 0.2) is 0 Å². The fourth-order valence-corrected chi connectivity index (χ4v) is 5.36. The number of amides is 1. The fraction of sp³-hybridized carbons (Fsp3) is 0.308. The molecule has 5 aromatic rings. The molecule has 13 heteroatoms. The van der Waals surface area contributed by atoms with Gasteiger partial charge in [-0.3, -0.25) is 4.79 Å². The summed E-state index contributed by atoms with van der Waals surface area (Å²) in [4.78, 5) is 33.6. The molecule has 0 atom stereocenters. The minimum atomic E-state index is -0.258. The molecule has 7 rings (SSSR count). The molecule has 1 amide bonds. The second-order valence-electron chi connectivity index (χ2n) is 10.3. The lowest BCUT2D eigenvalue weighted by molar-refractivity contribution is 0.0952. The highest BCUT2D eigenvalue weighted by molar-refractivity contribution is 6.30. The molecule has 39 heavy (non-hydrogen) atoms. The highest BCUT2D eigenvalue weighted by atomic mass is 35.5. The predicted octanol–water partition coefficient (Wildman–Crippen LogP) is 2.74. The van der Waals surface area contributed by atoms with Crippen LogP contribution < -0.4 is 10.2 Å². The van der Waals surface area contributed by atoms with Gasteiger partial charge in [0.1, 0.15) is 18.3 Å². The van der Waals surface area contributed by atoms with E-state index in [2.05, 4.69) is 40.7 Å². The molecule has 1 aliphatic carbocycles. The quantitative estimate of drug-likeness (QED) is 0.330. The summed E-state index contributed by atoms with van der Waals surface area (Å²) in [5.41, 5.74) is 5.04. The summed E-state index contributed by atoms with van der Waals surface area (Å²) >= 11 is 6.23. The van der Waals surface area contributed by atoms with E-state index in [9.17, 15) is 4.79 Å². The third-order valence-electron chi connectivity index (χ3n) is 7.56. The van der Waals surface area contributed by atoms with Crippen LogP contribution in [0.25, 0.3) is 16.7 Å². The molecule has 1 N–H and O–H groups in total. The lowest BCUT2D eigenvalue weighted by Crippen LogP contribution is -2.49. The lowest BCUT2D eigenvalue weighted by atomic mass is 9.98. The van der Waals surface area contributed by atoms with Gasteiger partial charge in [0, 0.05) is 59.9 Å². The number of fused-ring (bicyclic) bond motifs is 1. The topological polar surface area (TPSA) is 132 Å². The monoisotopic (exact) mass is 541 g/mol. The van der Waals surface area contributed by atoms with Crippen LogP contribution in [0, 0.1) is 12.3 Å². The Balaban J connectivity index is 1.12. The van der Waals surface area contributed by atoms with E-state index in [1.54, 1.807) is 24.5 Å². The number of rotatable bonds is 7. The number of nitrogens with zero attached hydrogens (tertiary/aromatic N) is 10. The SMILES string of the molecule is Cc1nc(N2CC3(CC3)C2)ncc1Cn1cc(C(=O)NCc2cc(Cl)ccc2-n2cnnn2)c2cncnc21. The van der Waals surface area contributed by atoms with Crippen molar-refractivity contribution in [1.82, 2.24) is 50.0 Å². The Hall–Kier alpha value is -4.45. The minimum absolute atomic E-state index is 0.223. The third-order valence-corrected chi connectivity index (χ3v) is 7.80. The molecule has 196 valence electrons. The van der Waals surface area contributed by atoms with Crippen molar-refractivity contribution in [3.05, 3.63) is 76.9 Å². The Morgan fingerprint density at radius 1 is 1.15 bits per heavy atom. The second kappa shape index (κ2) is 9.09. The Morgan fingerprint density at radius 3 is 2.79 bits per heavy atom. The van der Waals surface area contributed by atoms with Crippen molar-refractivity contribution in [3.8, 4) is 5.69 Å². The highest BCUT2D eigenvalue weighted by Crippen LogP contribution is 2.53. The van der Waals surface area contributed by atoms with Crippen LogP contribution in [0.15, 0.2) is 49.4 Å². The van der Waals surface area contributed by atoms with Crippen LogP contribution in [-0.2, 0) is 13.1 Å². The van der Waals surface area contributed by atoms with Gasteiger partial charge in [-0.15, -0.1) is 5.10 Å². The molecule has 12 nitrogen and oxygen atoms in total. The van der Waals surface area contributed by atoms with Gasteiger partial charge in [-0.1, -0.05) is 11.6 Å². The maximum Gasteiger partial charge on any atom is 0.253 e. The average molecular weight is 542 g/mol. The van der Waals surface area contributed by atoms with Crippen LogP contribution in [0.2, 0.25) is 5.02 Å². The number of carbonyl (C=O) groups excluding carboxylic acids is 1. The fourth-order valence-electron chi connectivity index (χ4n) is 5.16. The van der Waals surface area contributed by atoms with Crippen LogP contribution in [0.3, 0.4) is 0 Å². The molecule has 0 radical (unpaired) electrons. The van der Waals surface area contributed by atoms with E-state index in [0.717, 1.165) is 41.5 Å². The van der Waals surface area contributed by atoms with E-state index in [-0.39, 0.29) is 12.5 Å². The van der Waals surface area contributed by atoms with Crippen molar-refractivity contribution in [2.45, 2.75) is 32.9 Å². The van der Waals surface area contributed by atoms with Crippen molar-refractivity contribution in [2.75, 3.05) is 18.0 Å². The Kier molecular flexibility index (Phi) is 5.51. The van der Waals surface area contributed by atoms with E-state index in [1.165, 1.54) is 30.2 Å². The normalized spacial score (nSPS) is 15.5. The number of halogens is 1. The first kappa shape index (κ1) is 23.7. The van der Waals surface area contributed by atoms with Gasteiger partial charge in [0.2, 0.25) is 5.95 Å². The Bertz CT molecular complexity index is 1700. The van der Waals surface area contributed by atoms with Crippen molar-refractivity contribution in [2.24, 2.45) is 5.41 Å². The van der Waals surface area contributed by atoms with Gasteiger partial charge < -0.3 is 14.8 Å². The zero-order valence-electron chi connectivity index (χ0n) is 21.1. The molecule has 0 unspecified atom stereocenters. The summed E-state index contributed by atoms with van der Waals surface area (Å²) in [6.45, 7) is 4.80. The van der Waals surface area contributed by atoms with Crippen molar-refractivity contribution >= 4 is 34.5 Å². The largest absolute Gasteiger partial charge is 0.348 e. The zero-order valence-corrected chi connectivity index (χ0v) is 21.9. The number of nitrogens with one attached hydrogen (secondary N) is 1. The Labute approximate surface area is 228 Å². The van der Waals surface area contributed by atoms with Gasteiger partial charge in [0.25, 0.3) is 5.91 Å². The highest BCUT2D eigenvalue weighted by Gasteiger charge is 2.53. The summed E-state index contributed by atoms with van der Waals surface area (Å²) in [5, 5.41) is 15.5. The molecule has 1 aliphatic heterocycles. The average Bonchev–Trinajstić information content (AvgIpc) is 3.38. The van der Waals surface area contributed by atoms with E-state index in [4.69, 9.17) is 16.6 Å². The van der Waals surface area contributed by atoms with Crippen molar-refractivity contribution < 1.29 is 4.79 Å². The summed E-state index contributed by atoms with van der Waals surface area (Å²) in [7, 11) is 0. The van der Waals surface area contributed by atoms with Gasteiger partial charge in [-0.05, 0) is 54.0 Å². The molecular formula is C26H24ClN11O. The number of hydrogen-bond donors (Lipinski definition) is 1. The van der Waals surface area contributed by atoms with Crippen LogP contribution in [0.4, 0.5) is 5.95 Å². The van der Waals surface area contributed by atoms with Gasteiger partial charge >= 0.3 is 0 Å². The zero-order chi connectivity index (χ0) is 26.6. The smallest absolute Gasteiger partial charge is 0.253 e. The van der Waals surface area contributed by atoms with Crippen molar-refractivity contribution in [3.63, 3.8) is 0 Å².